The number of hydrogen-bond acceptors (Lipinski definition) is 6. The van der Waals surface area contributed by atoms with Gasteiger partial charge >= 0.3 is 0 Å². The zero-order valence-corrected chi connectivity index (χ0v) is 16.2. The van der Waals surface area contributed by atoms with E-state index in [1.165, 1.54) is 0 Å². The van der Waals surface area contributed by atoms with Crippen LogP contribution in [-0.4, -0.2) is 41.0 Å². The Balaban J connectivity index is 1.60. The van der Waals surface area contributed by atoms with Crippen molar-refractivity contribution in [1.82, 2.24) is 5.32 Å². The zero-order valence-electron chi connectivity index (χ0n) is 16.2. The van der Waals surface area contributed by atoms with Crippen LogP contribution in [-0.2, 0) is 0 Å². The van der Waals surface area contributed by atoms with E-state index in [0.717, 1.165) is 60.2 Å². The molecule has 0 amide bonds. The van der Waals surface area contributed by atoms with Crippen LogP contribution in [0.2, 0.25) is 0 Å². The number of benzene rings is 2. The molecule has 1 unspecified atom stereocenters. The third-order valence-corrected chi connectivity index (χ3v) is 4.68. The van der Waals surface area contributed by atoms with Gasteiger partial charge in [-0.05, 0) is 18.9 Å². The van der Waals surface area contributed by atoms with E-state index in [1.54, 1.807) is 21.3 Å². The Bertz CT molecular complexity index is 729. The largest absolute Gasteiger partial charge is 0.497 e. The first-order valence-corrected chi connectivity index (χ1v) is 9.25. The highest BCUT2D eigenvalue weighted by atomic mass is 16.5. The van der Waals surface area contributed by atoms with Crippen molar-refractivity contribution in [3.05, 3.63) is 42.0 Å². The molecule has 2 N–H and O–H groups in total. The lowest BCUT2D eigenvalue weighted by Gasteiger charge is -2.20. The Labute approximate surface area is 160 Å². The molecular weight excluding hydrogens is 344 g/mol. The van der Waals surface area contributed by atoms with Crippen LogP contribution in [0.3, 0.4) is 0 Å². The van der Waals surface area contributed by atoms with Gasteiger partial charge < -0.3 is 29.6 Å². The van der Waals surface area contributed by atoms with Crippen LogP contribution in [0.25, 0.3) is 0 Å². The summed E-state index contributed by atoms with van der Waals surface area (Å²) >= 11 is 0. The fourth-order valence-electron chi connectivity index (χ4n) is 3.31. The third-order valence-electron chi connectivity index (χ3n) is 4.68. The van der Waals surface area contributed by atoms with Gasteiger partial charge in [0, 0.05) is 48.6 Å². The minimum absolute atomic E-state index is 0.249. The molecule has 1 atom stereocenters. The van der Waals surface area contributed by atoms with E-state index in [2.05, 4.69) is 16.7 Å². The third kappa shape index (κ3) is 4.77. The maximum atomic E-state index is 5.92. The number of fused-ring (bicyclic) bond motifs is 1. The second-order valence-corrected chi connectivity index (χ2v) is 6.40. The molecule has 0 saturated heterocycles. The summed E-state index contributed by atoms with van der Waals surface area (Å²) in [6.45, 7) is 2.32. The summed E-state index contributed by atoms with van der Waals surface area (Å²) in [7, 11) is 4.98. The summed E-state index contributed by atoms with van der Waals surface area (Å²) < 4.78 is 22.0. The minimum atomic E-state index is 0.249. The van der Waals surface area contributed by atoms with Gasteiger partial charge in [0.2, 0.25) is 0 Å². The van der Waals surface area contributed by atoms with Gasteiger partial charge in [-0.25, -0.2) is 0 Å². The fourth-order valence-corrected chi connectivity index (χ4v) is 3.31. The van der Waals surface area contributed by atoms with Crippen LogP contribution >= 0.6 is 0 Å². The molecule has 146 valence electrons. The summed E-state index contributed by atoms with van der Waals surface area (Å²) in [4.78, 5) is 0. The summed E-state index contributed by atoms with van der Waals surface area (Å²) in [6.07, 6.45) is 2.04. The summed E-state index contributed by atoms with van der Waals surface area (Å²) in [5.41, 5.74) is 2.13. The molecule has 6 nitrogen and oxygen atoms in total. The van der Waals surface area contributed by atoms with Crippen LogP contribution in [0.15, 0.2) is 36.4 Å². The number of para-hydroxylation sites is 1. The van der Waals surface area contributed by atoms with Gasteiger partial charge in [-0.2, -0.15) is 0 Å². The predicted octanol–water partition coefficient (Wildman–Crippen LogP) is 3.63. The predicted molar refractivity (Wildman–Crippen MR) is 107 cm³/mol. The molecule has 0 radical (unpaired) electrons. The molecule has 0 bridgehead atoms. The second-order valence-electron chi connectivity index (χ2n) is 6.40. The standard InChI is InChI=1S/C21H28N2O4/c1-24-16-12-15(13-17(14-16)25-2)22-9-10-23-19-7-5-11-27-21-18(19)6-4-8-20(21)26-3/h4,6,8,12-14,19,22-23H,5,7,9-11H2,1-3H3. The van der Waals surface area contributed by atoms with Gasteiger partial charge in [0.05, 0.1) is 27.9 Å². The number of nitrogens with one attached hydrogen (secondary N) is 2. The topological polar surface area (TPSA) is 61.0 Å². The molecule has 0 fully saturated rings. The quantitative estimate of drug-likeness (QED) is 0.690. The smallest absolute Gasteiger partial charge is 0.165 e. The maximum absolute atomic E-state index is 5.92. The zero-order chi connectivity index (χ0) is 19.1. The van der Waals surface area contributed by atoms with Gasteiger partial charge in [-0.3, -0.25) is 0 Å². The molecule has 2 aromatic rings. The lowest BCUT2D eigenvalue weighted by atomic mass is 10.0. The fraction of sp³-hybridized carbons (Fsp3) is 0.429. The first kappa shape index (κ1) is 19.2. The highest BCUT2D eigenvalue weighted by molar-refractivity contribution is 5.53. The normalized spacial score (nSPS) is 15.9. The van der Waals surface area contributed by atoms with Crippen LogP contribution in [0, 0.1) is 0 Å². The molecule has 1 aliphatic rings. The van der Waals surface area contributed by atoms with Crippen molar-refractivity contribution in [1.29, 1.82) is 0 Å². The van der Waals surface area contributed by atoms with Gasteiger partial charge in [-0.1, -0.05) is 12.1 Å². The molecule has 2 aromatic carbocycles. The first-order valence-electron chi connectivity index (χ1n) is 9.25. The first-order chi connectivity index (χ1) is 13.2. The van der Waals surface area contributed by atoms with Crippen molar-refractivity contribution in [3.8, 4) is 23.0 Å². The Kier molecular flexibility index (Phi) is 6.65. The van der Waals surface area contributed by atoms with Gasteiger partial charge in [0.1, 0.15) is 11.5 Å². The van der Waals surface area contributed by atoms with E-state index >= 15 is 0 Å². The number of ether oxygens (including phenoxy) is 4. The van der Waals surface area contributed by atoms with Crippen molar-refractivity contribution in [2.24, 2.45) is 0 Å². The van der Waals surface area contributed by atoms with Gasteiger partial charge in [0.25, 0.3) is 0 Å². The minimum Gasteiger partial charge on any atom is -0.497 e. The van der Waals surface area contributed by atoms with E-state index in [4.69, 9.17) is 18.9 Å². The molecule has 0 saturated carbocycles. The molecular formula is C21H28N2O4. The molecule has 0 aliphatic carbocycles. The molecule has 3 rings (SSSR count). The monoisotopic (exact) mass is 372 g/mol. The number of rotatable bonds is 8. The molecule has 6 heteroatoms. The molecule has 27 heavy (non-hydrogen) atoms. The summed E-state index contributed by atoms with van der Waals surface area (Å²) in [5, 5.41) is 7.05. The SMILES string of the molecule is COc1cc(NCCNC2CCCOc3c(OC)cccc32)cc(OC)c1. The van der Waals surface area contributed by atoms with E-state index in [9.17, 15) is 0 Å². The van der Waals surface area contributed by atoms with E-state index in [1.807, 2.05) is 30.3 Å². The van der Waals surface area contributed by atoms with Crippen LogP contribution in [0.1, 0.15) is 24.4 Å². The van der Waals surface area contributed by atoms with Crippen LogP contribution in [0.5, 0.6) is 23.0 Å². The summed E-state index contributed by atoms with van der Waals surface area (Å²) in [6, 6.07) is 12.1. The number of anilines is 1. The van der Waals surface area contributed by atoms with Crippen molar-refractivity contribution in [3.63, 3.8) is 0 Å². The van der Waals surface area contributed by atoms with E-state index in [0.29, 0.717) is 6.61 Å². The molecule has 1 heterocycles. The van der Waals surface area contributed by atoms with E-state index in [-0.39, 0.29) is 6.04 Å². The average Bonchev–Trinajstić information content (AvgIpc) is 2.93. The Morgan fingerprint density at radius 2 is 1.78 bits per heavy atom. The number of methoxy groups -OCH3 is 3. The highest BCUT2D eigenvalue weighted by Gasteiger charge is 2.22. The Morgan fingerprint density at radius 3 is 2.48 bits per heavy atom. The molecule has 1 aliphatic heterocycles. The lowest BCUT2D eigenvalue weighted by Crippen LogP contribution is -2.26. The average molecular weight is 372 g/mol. The van der Waals surface area contributed by atoms with Crippen LogP contribution in [0.4, 0.5) is 5.69 Å². The van der Waals surface area contributed by atoms with Crippen molar-refractivity contribution in [2.75, 3.05) is 46.3 Å². The Morgan fingerprint density at radius 1 is 1.00 bits per heavy atom. The van der Waals surface area contributed by atoms with Crippen molar-refractivity contribution < 1.29 is 18.9 Å². The highest BCUT2D eigenvalue weighted by Crippen LogP contribution is 2.38. The maximum Gasteiger partial charge on any atom is 0.165 e. The van der Waals surface area contributed by atoms with E-state index < -0.39 is 0 Å². The number of hydrogen-bond donors (Lipinski definition) is 2. The summed E-state index contributed by atoms with van der Waals surface area (Å²) in [5.74, 6) is 3.20. The van der Waals surface area contributed by atoms with Crippen molar-refractivity contribution in [2.45, 2.75) is 18.9 Å². The second kappa shape index (κ2) is 9.37. The Hall–Kier alpha value is -2.60. The molecule has 0 spiro atoms. The van der Waals surface area contributed by atoms with Crippen molar-refractivity contribution >= 4 is 5.69 Å². The lowest BCUT2D eigenvalue weighted by molar-refractivity contribution is 0.294. The molecule has 0 aromatic heterocycles. The van der Waals surface area contributed by atoms with Gasteiger partial charge in [0.15, 0.2) is 11.5 Å². The van der Waals surface area contributed by atoms with Crippen LogP contribution < -0.4 is 29.6 Å². The van der Waals surface area contributed by atoms with Gasteiger partial charge in [-0.15, -0.1) is 0 Å².